The monoisotopic (exact) mass is 222 g/mol. The Kier molecular flexibility index (Phi) is 5.43. The third kappa shape index (κ3) is 4.36. The molecule has 1 fully saturated rings. The van der Waals surface area contributed by atoms with E-state index in [-0.39, 0.29) is 6.10 Å². The molecule has 0 aromatic carbocycles. The Morgan fingerprint density at radius 3 is 2.62 bits per heavy atom. The van der Waals surface area contributed by atoms with Crippen molar-refractivity contribution in [3.63, 3.8) is 0 Å². The van der Waals surface area contributed by atoms with Crippen LogP contribution in [0.5, 0.6) is 0 Å². The molecule has 1 saturated heterocycles. The molecule has 0 N–H and O–H groups in total. The highest BCUT2D eigenvalue weighted by atomic mass is 16.6. The van der Waals surface area contributed by atoms with Crippen molar-refractivity contribution in [2.45, 2.75) is 13.0 Å². The highest BCUT2D eigenvalue weighted by Crippen LogP contribution is 2.17. The average Bonchev–Trinajstić information content (AvgIpc) is 3.10. The minimum absolute atomic E-state index is 0.235. The second kappa shape index (κ2) is 6.90. The molecule has 1 aliphatic heterocycles. The van der Waals surface area contributed by atoms with Crippen LogP contribution in [0.1, 0.15) is 6.92 Å². The highest BCUT2D eigenvalue weighted by molar-refractivity contribution is 5.23. The van der Waals surface area contributed by atoms with Gasteiger partial charge in [0.25, 0.3) is 0 Å². The van der Waals surface area contributed by atoms with E-state index in [0.29, 0.717) is 24.7 Å². The zero-order valence-corrected chi connectivity index (χ0v) is 9.65. The smallest absolute Gasteiger partial charge is 0.161 e. The summed E-state index contributed by atoms with van der Waals surface area (Å²) in [5.74, 6) is 1.37. The largest absolute Gasteiger partial charge is 0.487 e. The van der Waals surface area contributed by atoms with E-state index in [1.807, 2.05) is 13.0 Å². The van der Waals surface area contributed by atoms with Crippen LogP contribution in [0.25, 0.3) is 0 Å². The third-order valence-corrected chi connectivity index (χ3v) is 1.96. The molecule has 1 rings (SSSR count). The molecule has 0 aliphatic carbocycles. The predicted molar refractivity (Wildman–Crippen MR) is 63.9 cm³/mol. The topological polar surface area (TPSA) is 31.0 Å². The van der Waals surface area contributed by atoms with Crippen LogP contribution in [0, 0.1) is 0 Å². The van der Waals surface area contributed by atoms with Gasteiger partial charge in [-0.05, 0) is 19.1 Å². The van der Waals surface area contributed by atoms with Gasteiger partial charge in [-0.25, -0.2) is 0 Å². The molecule has 0 saturated carbocycles. The molecule has 1 aliphatic rings. The summed E-state index contributed by atoms with van der Waals surface area (Å²) >= 11 is 0. The van der Waals surface area contributed by atoms with Crippen LogP contribution < -0.4 is 0 Å². The summed E-state index contributed by atoms with van der Waals surface area (Å²) in [7, 11) is 0. The van der Waals surface area contributed by atoms with Gasteiger partial charge in [0, 0.05) is 0 Å². The van der Waals surface area contributed by atoms with Gasteiger partial charge in [-0.3, -0.25) is 0 Å². The number of ether oxygens (including phenoxy) is 3. The number of rotatable bonds is 8. The summed E-state index contributed by atoms with van der Waals surface area (Å²) in [5.41, 5.74) is 0. The quantitative estimate of drug-likeness (QED) is 0.274. The Labute approximate surface area is 96.7 Å². The molecule has 16 heavy (non-hydrogen) atoms. The van der Waals surface area contributed by atoms with Crippen molar-refractivity contribution in [3.8, 4) is 0 Å². The maximum Gasteiger partial charge on any atom is 0.161 e. The van der Waals surface area contributed by atoms with E-state index in [9.17, 15) is 0 Å². The van der Waals surface area contributed by atoms with Crippen LogP contribution in [0.15, 0.2) is 49.0 Å². The first-order valence-electron chi connectivity index (χ1n) is 5.29. The predicted octanol–water partition coefficient (Wildman–Crippen LogP) is 2.58. The first-order valence-corrected chi connectivity index (χ1v) is 5.29. The first-order chi connectivity index (χ1) is 7.81. The molecule has 1 heterocycles. The average molecular weight is 222 g/mol. The van der Waals surface area contributed by atoms with Gasteiger partial charge in [-0.2, -0.15) is 0 Å². The standard InChI is InChI=1S/C13H18O3/c1-4-7-13(14-8-5-2)12(6-3)16-10-11-9-15-11/h4-7,11H,1-2,8-10H2,3H3/b12-6+,13-7+. The Bertz CT molecular complexity index is 298. The molecule has 0 spiro atoms. The maximum absolute atomic E-state index is 5.59. The lowest BCUT2D eigenvalue weighted by atomic mass is 10.3. The number of epoxide rings is 1. The van der Waals surface area contributed by atoms with E-state index < -0.39 is 0 Å². The summed E-state index contributed by atoms with van der Waals surface area (Å²) < 4.78 is 16.1. The van der Waals surface area contributed by atoms with Crippen molar-refractivity contribution in [3.05, 3.63) is 49.0 Å². The SMILES string of the molecule is C=C/C=C(OCC=C)\C(=C/C)OCC1CO1. The molecule has 3 heteroatoms. The molecule has 88 valence electrons. The first kappa shape index (κ1) is 12.6. The molecule has 0 amide bonds. The molecule has 0 bridgehead atoms. The maximum atomic E-state index is 5.59. The van der Waals surface area contributed by atoms with Gasteiger partial charge in [0.05, 0.1) is 6.61 Å². The summed E-state index contributed by atoms with van der Waals surface area (Å²) in [5, 5.41) is 0. The molecule has 3 nitrogen and oxygen atoms in total. The number of hydrogen-bond donors (Lipinski definition) is 0. The zero-order chi connectivity index (χ0) is 11.8. The van der Waals surface area contributed by atoms with Crippen LogP contribution in [-0.4, -0.2) is 25.9 Å². The van der Waals surface area contributed by atoms with Crippen molar-refractivity contribution < 1.29 is 14.2 Å². The fourth-order valence-corrected chi connectivity index (χ4v) is 1.10. The molecule has 0 radical (unpaired) electrons. The van der Waals surface area contributed by atoms with Crippen LogP contribution in [-0.2, 0) is 14.2 Å². The molecular weight excluding hydrogens is 204 g/mol. The Balaban J connectivity index is 2.53. The highest BCUT2D eigenvalue weighted by Gasteiger charge is 2.24. The van der Waals surface area contributed by atoms with Gasteiger partial charge in [-0.15, -0.1) is 0 Å². The second-order valence-electron chi connectivity index (χ2n) is 3.29. The van der Waals surface area contributed by atoms with Crippen molar-refractivity contribution >= 4 is 0 Å². The lowest BCUT2D eigenvalue weighted by Crippen LogP contribution is -2.05. The van der Waals surface area contributed by atoms with E-state index in [2.05, 4.69) is 13.2 Å². The lowest BCUT2D eigenvalue weighted by Gasteiger charge is -2.13. The summed E-state index contributed by atoms with van der Waals surface area (Å²) in [6.45, 7) is 10.9. The van der Waals surface area contributed by atoms with Gasteiger partial charge in [0.1, 0.15) is 19.3 Å². The fraction of sp³-hybridized carbons (Fsp3) is 0.385. The van der Waals surface area contributed by atoms with E-state index >= 15 is 0 Å². The summed E-state index contributed by atoms with van der Waals surface area (Å²) in [4.78, 5) is 0. The molecule has 0 aromatic rings. The Morgan fingerprint density at radius 1 is 1.38 bits per heavy atom. The van der Waals surface area contributed by atoms with Gasteiger partial charge < -0.3 is 14.2 Å². The van der Waals surface area contributed by atoms with Crippen LogP contribution in [0.3, 0.4) is 0 Å². The van der Waals surface area contributed by atoms with Crippen molar-refractivity contribution in [2.24, 2.45) is 0 Å². The van der Waals surface area contributed by atoms with E-state index in [1.165, 1.54) is 0 Å². The van der Waals surface area contributed by atoms with Gasteiger partial charge in [0.15, 0.2) is 11.5 Å². The molecule has 1 atom stereocenters. The minimum Gasteiger partial charge on any atom is -0.487 e. The van der Waals surface area contributed by atoms with Crippen molar-refractivity contribution in [2.75, 3.05) is 19.8 Å². The van der Waals surface area contributed by atoms with Crippen molar-refractivity contribution in [1.82, 2.24) is 0 Å². The molecular formula is C13H18O3. The third-order valence-electron chi connectivity index (χ3n) is 1.96. The minimum atomic E-state index is 0.235. The Hall–Kier alpha value is -1.48. The summed E-state index contributed by atoms with van der Waals surface area (Å²) in [6, 6.07) is 0. The molecule has 1 unspecified atom stereocenters. The second-order valence-corrected chi connectivity index (χ2v) is 3.29. The van der Waals surface area contributed by atoms with E-state index in [0.717, 1.165) is 6.61 Å². The van der Waals surface area contributed by atoms with E-state index in [4.69, 9.17) is 14.2 Å². The Morgan fingerprint density at radius 2 is 2.12 bits per heavy atom. The van der Waals surface area contributed by atoms with E-state index in [1.54, 1.807) is 18.2 Å². The van der Waals surface area contributed by atoms with Crippen molar-refractivity contribution in [1.29, 1.82) is 0 Å². The van der Waals surface area contributed by atoms with Crippen LogP contribution >= 0.6 is 0 Å². The number of allylic oxidation sites excluding steroid dienone is 3. The van der Waals surface area contributed by atoms with Crippen LogP contribution in [0.4, 0.5) is 0 Å². The number of hydrogen-bond acceptors (Lipinski definition) is 3. The molecule has 0 aromatic heterocycles. The zero-order valence-electron chi connectivity index (χ0n) is 9.65. The van der Waals surface area contributed by atoms with Gasteiger partial charge in [0.2, 0.25) is 0 Å². The van der Waals surface area contributed by atoms with Crippen LogP contribution in [0.2, 0.25) is 0 Å². The van der Waals surface area contributed by atoms with Gasteiger partial charge in [-0.1, -0.05) is 25.3 Å². The fourth-order valence-electron chi connectivity index (χ4n) is 1.10. The lowest BCUT2D eigenvalue weighted by molar-refractivity contribution is 0.149. The normalized spacial score (nSPS) is 20.2. The summed E-state index contributed by atoms with van der Waals surface area (Å²) in [6.07, 6.45) is 7.22. The van der Waals surface area contributed by atoms with Gasteiger partial charge >= 0.3 is 0 Å².